The summed E-state index contributed by atoms with van der Waals surface area (Å²) in [5, 5.41) is 2.77. The predicted molar refractivity (Wildman–Crippen MR) is 74.1 cm³/mol. The van der Waals surface area contributed by atoms with Crippen LogP contribution < -0.4 is 11.1 Å². The van der Waals surface area contributed by atoms with E-state index in [4.69, 9.17) is 18.3 Å². The molecule has 0 saturated carbocycles. The van der Waals surface area contributed by atoms with Gasteiger partial charge in [0.05, 0.1) is 6.04 Å². The molecule has 6 heteroatoms. The molecule has 2 radical (unpaired) electrons. The summed E-state index contributed by atoms with van der Waals surface area (Å²) >= 11 is 0. The van der Waals surface area contributed by atoms with Crippen LogP contribution in [0.2, 0.25) is 0 Å². The van der Waals surface area contributed by atoms with Gasteiger partial charge in [-0.15, -0.1) is 0 Å². The minimum atomic E-state index is -0.815. The number of carbonyl (C=O) groups excluding carboxylic acids is 2. The zero-order valence-electron chi connectivity index (χ0n) is 11.3. The minimum absolute atomic E-state index is 0.110. The van der Waals surface area contributed by atoms with E-state index in [1.54, 1.807) is 6.92 Å². The quantitative estimate of drug-likeness (QED) is 0.801. The Morgan fingerprint density at radius 1 is 1.37 bits per heavy atom. The number of hydrogen-bond acceptors (Lipinski definition) is 4. The first-order chi connectivity index (χ1) is 8.81. The normalized spacial score (nSPS) is 11.8. The van der Waals surface area contributed by atoms with Gasteiger partial charge in [-0.25, -0.2) is 0 Å². The van der Waals surface area contributed by atoms with E-state index in [1.807, 2.05) is 26.0 Å². The lowest BCUT2D eigenvalue weighted by atomic mass is 10.0. The van der Waals surface area contributed by atoms with Crippen LogP contribution in [0.15, 0.2) is 12.1 Å². The monoisotopic (exact) mass is 260 g/mol. The second kappa shape index (κ2) is 6.38. The van der Waals surface area contributed by atoms with Crippen molar-refractivity contribution < 1.29 is 14.3 Å². The topological polar surface area (TPSA) is 81.4 Å². The Kier molecular flexibility index (Phi) is 5.12. The standard InChI is InChI=1S/C13H17BN2O3/c1-7-4-10(6-19-13(14)18)5-8(2)11(7)16-12(17)9(3)15/h4-5,9H,6,15H2,1-3H3,(H,16,17). The Labute approximate surface area is 113 Å². The molecule has 100 valence electrons. The smallest absolute Gasteiger partial charge is 0.241 e. The number of nitrogens with one attached hydrogen (secondary N) is 1. The molecule has 1 aromatic rings. The van der Waals surface area contributed by atoms with E-state index in [9.17, 15) is 9.59 Å². The third-order valence-electron chi connectivity index (χ3n) is 2.64. The van der Waals surface area contributed by atoms with Gasteiger partial charge in [0.15, 0.2) is 0 Å². The second-order valence-electron chi connectivity index (χ2n) is 4.49. The lowest BCUT2D eigenvalue weighted by Crippen LogP contribution is -2.33. The van der Waals surface area contributed by atoms with E-state index in [2.05, 4.69) is 5.32 Å². The van der Waals surface area contributed by atoms with E-state index < -0.39 is 11.9 Å². The minimum Gasteiger partial charge on any atom is -0.470 e. The zero-order chi connectivity index (χ0) is 14.6. The number of benzene rings is 1. The van der Waals surface area contributed by atoms with Gasteiger partial charge in [0.25, 0.3) is 0 Å². The van der Waals surface area contributed by atoms with Crippen LogP contribution in [0.3, 0.4) is 0 Å². The number of rotatable bonds is 4. The summed E-state index contributed by atoms with van der Waals surface area (Å²) in [6, 6.07) is 3.08. The van der Waals surface area contributed by atoms with Gasteiger partial charge < -0.3 is 15.8 Å². The van der Waals surface area contributed by atoms with Crippen molar-refractivity contribution in [2.75, 3.05) is 5.32 Å². The molecule has 1 unspecified atom stereocenters. The molecule has 0 fully saturated rings. The highest BCUT2D eigenvalue weighted by Crippen LogP contribution is 2.22. The maximum Gasteiger partial charge on any atom is 0.241 e. The molecule has 0 saturated heterocycles. The molecule has 0 bridgehead atoms. The van der Waals surface area contributed by atoms with Crippen LogP contribution in [0, 0.1) is 13.8 Å². The second-order valence-corrected chi connectivity index (χ2v) is 4.49. The number of ether oxygens (including phenoxy) is 1. The molecule has 5 nitrogen and oxygen atoms in total. The highest BCUT2D eigenvalue weighted by molar-refractivity contribution is 6.55. The lowest BCUT2D eigenvalue weighted by Gasteiger charge is -2.15. The molecule has 3 N–H and O–H groups in total. The SMILES string of the molecule is [B]C(=O)OCc1cc(C)c(NC(=O)C(C)N)c(C)c1. The van der Waals surface area contributed by atoms with Gasteiger partial charge in [-0.3, -0.25) is 9.59 Å². The molecular weight excluding hydrogens is 243 g/mol. The van der Waals surface area contributed by atoms with Gasteiger partial charge in [0.2, 0.25) is 19.6 Å². The van der Waals surface area contributed by atoms with E-state index in [-0.39, 0.29) is 12.5 Å². The lowest BCUT2D eigenvalue weighted by molar-refractivity contribution is -0.117. The number of hydrogen-bond donors (Lipinski definition) is 2. The number of nitrogens with two attached hydrogens (primary N) is 1. The summed E-state index contributed by atoms with van der Waals surface area (Å²) in [5.41, 5.74) is 8.80. The third kappa shape index (κ3) is 4.41. The largest absolute Gasteiger partial charge is 0.470 e. The highest BCUT2D eigenvalue weighted by Gasteiger charge is 2.12. The average molecular weight is 260 g/mol. The summed E-state index contributed by atoms with van der Waals surface area (Å²) in [6.45, 7) is 5.45. The maximum absolute atomic E-state index is 11.6. The van der Waals surface area contributed by atoms with Crippen molar-refractivity contribution in [1.29, 1.82) is 0 Å². The summed E-state index contributed by atoms with van der Waals surface area (Å²) in [6.07, 6.45) is 0. The van der Waals surface area contributed by atoms with E-state index >= 15 is 0 Å². The van der Waals surface area contributed by atoms with Crippen molar-refractivity contribution in [3.8, 4) is 0 Å². The van der Waals surface area contributed by atoms with Crippen molar-refractivity contribution in [2.24, 2.45) is 5.73 Å². The van der Waals surface area contributed by atoms with Gasteiger partial charge >= 0.3 is 0 Å². The van der Waals surface area contributed by atoms with Crippen LogP contribution in [0.5, 0.6) is 0 Å². The van der Waals surface area contributed by atoms with Crippen molar-refractivity contribution >= 4 is 25.3 Å². The Hall–Kier alpha value is -1.82. The number of amides is 1. The van der Waals surface area contributed by atoms with Crippen LogP contribution in [-0.2, 0) is 16.1 Å². The molecule has 0 aliphatic rings. The maximum atomic E-state index is 11.6. The van der Waals surface area contributed by atoms with Crippen LogP contribution >= 0.6 is 0 Å². The third-order valence-corrected chi connectivity index (χ3v) is 2.64. The van der Waals surface area contributed by atoms with Crippen LogP contribution in [-0.4, -0.2) is 25.7 Å². The predicted octanol–water partition coefficient (Wildman–Crippen LogP) is 1.39. The number of anilines is 1. The van der Waals surface area contributed by atoms with Gasteiger partial charge in [-0.05, 0) is 37.5 Å². The summed E-state index contributed by atoms with van der Waals surface area (Å²) in [7, 11) is 4.91. The molecule has 1 atom stereocenters. The van der Waals surface area contributed by atoms with Gasteiger partial charge in [0.1, 0.15) is 6.61 Å². The molecule has 0 spiro atoms. The fourth-order valence-corrected chi connectivity index (χ4v) is 1.73. The van der Waals surface area contributed by atoms with Crippen molar-refractivity contribution in [3.63, 3.8) is 0 Å². The van der Waals surface area contributed by atoms with E-state index in [0.717, 1.165) is 22.4 Å². The van der Waals surface area contributed by atoms with E-state index in [1.165, 1.54) is 0 Å². The first-order valence-electron chi connectivity index (χ1n) is 5.90. The van der Waals surface area contributed by atoms with Crippen molar-refractivity contribution in [2.45, 2.75) is 33.4 Å². The molecule has 19 heavy (non-hydrogen) atoms. The molecule has 0 aliphatic heterocycles. The molecule has 1 amide bonds. The number of carbonyl (C=O) groups is 2. The molecular formula is C13H17BN2O3. The molecule has 0 aliphatic carbocycles. The first-order valence-corrected chi connectivity index (χ1v) is 5.90. The van der Waals surface area contributed by atoms with Crippen LogP contribution in [0.25, 0.3) is 0 Å². The Bertz CT molecular complexity index is 478. The Morgan fingerprint density at radius 2 is 1.89 bits per heavy atom. The van der Waals surface area contributed by atoms with E-state index in [0.29, 0.717) is 0 Å². The molecule has 0 heterocycles. The highest BCUT2D eigenvalue weighted by atomic mass is 16.5. The summed E-state index contributed by atoms with van der Waals surface area (Å²) in [4.78, 5) is 22.2. The number of aryl methyl sites for hydroxylation is 2. The molecule has 1 aromatic carbocycles. The summed E-state index contributed by atoms with van der Waals surface area (Å²) < 4.78 is 4.73. The summed E-state index contributed by atoms with van der Waals surface area (Å²) in [5.74, 6) is -1.06. The fourth-order valence-electron chi connectivity index (χ4n) is 1.73. The Balaban J connectivity index is 2.91. The van der Waals surface area contributed by atoms with Crippen LogP contribution in [0.1, 0.15) is 23.6 Å². The van der Waals surface area contributed by atoms with Gasteiger partial charge in [0, 0.05) is 5.69 Å². The van der Waals surface area contributed by atoms with Crippen LogP contribution in [0.4, 0.5) is 10.5 Å². The molecule has 0 aromatic heterocycles. The van der Waals surface area contributed by atoms with Gasteiger partial charge in [-0.2, -0.15) is 0 Å². The molecule has 1 rings (SSSR count). The first kappa shape index (κ1) is 15.2. The zero-order valence-corrected chi connectivity index (χ0v) is 11.3. The van der Waals surface area contributed by atoms with Crippen molar-refractivity contribution in [3.05, 3.63) is 28.8 Å². The average Bonchev–Trinajstić information content (AvgIpc) is 2.30. The van der Waals surface area contributed by atoms with Gasteiger partial charge in [-0.1, -0.05) is 12.1 Å². The van der Waals surface area contributed by atoms with Crippen molar-refractivity contribution in [1.82, 2.24) is 0 Å². The Morgan fingerprint density at radius 3 is 2.32 bits per heavy atom. The fraction of sp³-hybridized carbons (Fsp3) is 0.385.